The van der Waals surface area contributed by atoms with Gasteiger partial charge in [0, 0.05) is 36.2 Å². The molecular formula is C15H20N2O4. The monoisotopic (exact) mass is 292 g/mol. The molecule has 1 saturated carbocycles. The van der Waals surface area contributed by atoms with Gasteiger partial charge in [-0.3, -0.25) is 10.1 Å². The van der Waals surface area contributed by atoms with Gasteiger partial charge in [0.2, 0.25) is 0 Å². The molecule has 0 bridgehead atoms. The molecule has 2 aliphatic rings. The second-order valence-electron chi connectivity index (χ2n) is 5.78. The second kappa shape index (κ2) is 5.61. The molecule has 3 rings (SSSR count). The Hall–Kier alpha value is -1.66. The van der Waals surface area contributed by atoms with Crippen LogP contribution < -0.4 is 5.32 Å². The van der Waals surface area contributed by atoms with Gasteiger partial charge in [-0.25, -0.2) is 0 Å². The molecular weight excluding hydrogens is 272 g/mol. The van der Waals surface area contributed by atoms with Crippen molar-refractivity contribution in [3.05, 3.63) is 33.9 Å². The zero-order chi connectivity index (χ0) is 14.9. The van der Waals surface area contributed by atoms with Crippen LogP contribution in [0.2, 0.25) is 0 Å². The Morgan fingerprint density at radius 2 is 1.95 bits per heavy atom. The minimum absolute atomic E-state index is 0.162. The fourth-order valence-electron chi connectivity index (χ4n) is 3.12. The number of anilines is 1. The maximum absolute atomic E-state index is 11.0. The van der Waals surface area contributed by atoms with E-state index >= 15 is 0 Å². The summed E-state index contributed by atoms with van der Waals surface area (Å²) in [4.78, 5) is 10.6. The predicted molar refractivity (Wildman–Crippen MR) is 78.3 cm³/mol. The van der Waals surface area contributed by atoms with E-state index in [1.54, 1.807) is 19.1 Å². The van der Waals surface area contributed by atoms with Crippen LogP contribution in [-0.2, 0) is 9.47 Å². The lowest BCUT2D eigenvalue weighted by atomic mass is 9.90. The molecule has 0 radical (unpaired) electrons. The lowest BCUT2D eigenvalue weighted by Crippen LogP contribution is -2.39. The summed E-state index contributed by atoms with van der Waals surface area (Å²) in [6.45, 7) is 3.12. The Morgan fingerprint density at radius 3 is 2.57 bits per heavy atom. The van der Waals surface area contributed by atoms with Crippen LogP contribution in [0.1, 0.15) is 31.2 Å². The number of nitrogens with one attached hydrogen (secondary N) is 1. The van der Waals surface area contributed by atoms with Crippen LogP contribution in [0.4, 0.5) is 11.4 Å². The van der Waals surface area contributed by atoms with Crippen molar-refractivity contribution in [2.45, 2.75) is 44.4 Å². The van der Waals surface area contributed by atoms with E-state index in [0.717, 1.165) is 31.4 Å². The Morgan fingerprint density at radius 1 is 1.29 bits per heavy atom. The number of aryl methyl sites for hydroxylation is 1. The SMILES string of the molecule is Cc1ccc(NC2CCC3(CC2)OCCO3)cc1[N+](=O)[O-]. The van der Waals surface area contributed by atoms with Crippen LogP contribution in [0.3, 0.4) is 0 Å². The van der Waals surface area contributed by atoms with Gasteiger partial charge in [-0.2, -0.15) is 0 Å². The van der Waals surface area contributed by atoms with Gasteiger partial charge in [0.1, 0.15) is 0 Å². The van der Waals surface area contributed by atoms with Crippen molar-refractivity contribution in [3.63, 3.8) is 0 Å². The summed E-state index contributed by atoms with van der Waals surface area (Å²) >= 11 is 0. The number of benzene rings is 1. The number of rotatable bonds is 3. The molecule has 1 heterocycles. The van der Waals surface area contributed by atoms with E-state index in [2.05, 4.69) is 5.32 Å². The fourth-order valence-corrected chi connectivity index (χ4v) is 3.12. The zero-order valence-electron chi connectivity index (χ0n) is 12.1. The van der Waals surface area contributed by atoms with Gasteiger partial charge in [-0.15, -0.1) is 0 Å². The summed E-state index contributed by atoms with van der Waals surface area (Å²) in [5, 5.41) is 14.4. The molecule has 6 nitrogen and oxygen atoms in total. The van der Waals surface area contributed by atoms with E-state index in [1.165, 1.54) is 0 Å². The molecule has 0 amide bonds. The van der Waals surface area contributed by atoms with Crippen LogP contribution in [0, 0.1) is 17.0 Å². The Balaban J connectivity index is 1.63. The number of hydrogen-bond donors (Lipinski definition) is 1. The highest BCUT2D eigenvalue weighted by Crippen LogP contribution is 2.37. The molecule has 0 unspecified atom stereocenters. The number of nitro groups is 1. The highest BCUT2D eigenvalue weighted by atomic mass is 16.7. The average molecular weight is 292 g/mol. The first kappa shape index (κ1) is 14.3. The third-order valence-electron chi connectivity index (χ3n) is 4.34. The normalized spacial score (nSPS) is 21.6. The summed E-state index contributed by atoms with van der Waals surface area (Å²) < 4.78 is 11.4. The van der Waals surface area contributed by atoms with Gasteiger partial charge in [0.15, 0.2) is 5.79 Å². The number of nitro benzene ring substituents is 1. The van der Waals surface area contributed by atoms with Gasteiger partial charge < -0.3 is 14.8 Å². The van der Waals surface area contributed by atoms with Crippen LogP contribution >= 0.6 is 0 Å². The lowest BCUT2D eigenvalue weighted by Gasteiger charge is -2.36. The van der Waals surface area contributed by atoms with Gasteiger partial charge in [-0.05, 0) is 25.8 Å². The number of ether oxygens (including phenoxy) is 2. The van der Waals surface area contributed by atoms with Crippen LogP contribution in [0.25, 0.3) is 0 Å². The summed E-state index contributed by atoms with van der Waals surface area (Å²) in [6, 6.07) is 5.61. The average Bonchev–Trinajstić information content (AvgIpc) is 2.92. The van der Waals surface area contributed by atoms with E-state index in [1.807, 2.05) is 6.07 Å². The molecule has 2 fully saturated rings. The Labute approximate surface area is 123 Å². The lowest BCUT2D eigenvalue weighted by molar-refractivity contribution is -0.385. The minimum atomic E-state index is -0.364. The van der Waals surface area contributed by atoms with Crippen molar-refractivity contribution >= 4 is 11.4 Å². The zero-order valence-corrected chi connectivity index (χ0v) is 12.1. The van der Waals surface area contributed by atoms with E-state index < -0.39 is 0 Å². The third kappa shape index (κ3) is 3.01. The van der Waals surface area contributed by atoms with Crippen molar-refractivity contribution in [1.29, 1.82) is 0 Å². The van der Waals surface area contributed by atoms with E-state index in [0.29, 0.717) is 24.8 Å². The molecule has 0 atom stereocenters. The van der Waals surface area contributed by atoms with E-state index in [4.69, 9.17) is 9.47 Å². The Kier molecular flexibility index (Phi) is 3.82. The molecule has 1 aromatic carbocycles. The molecule has 1 aromatic rings. The molecule has 0 aromatic heterocycles. The molecule has 1 aliphatic heterocycles. The van der Waals surface area contributed by atoms with Crippen LogP contribution in [0.15, 0.2) is 18.2 Å². The van der Waals surface area contributed by atoms with Crippen molar-refractivity contribution in [2.24, 2.45) is 0 Å². The molecule has 21 heavy (non-hydrogen) atoms. The summed E-state index contributed by atoms with van der Waals surface area (Å²) in [6.07, 6.45) is 3.64. The maximum Gasteiger partial charge on any atom is 0.274 e. The van der Waals surface area contributed by atoms with E-state index in [-0.39, 0.29) is 16.4 Å². The highest BCUT2D eigenvalue weighted by Gasteiger charge is 2.40. The molecule has 1 N–H and O–H groups in total. The Bertz CT molecular complexity index is 530. The first-order valence-corrected chi connectivity index (χ1v) is 7.37. The largest absolute Gasteiger partial charge is 0.382 e. The number of hydrogen-bond acceptors (Lipinski definition) is 5. The molecule has 1 spiro atoms. The van der Waals surface area contributed by atoms with Crippen molar-refractivity contribution in [3.8, 4) is 0 Å². The van der Waals surface area contributed by atoms with Crippen LogP contribution in [-0.4, -0.2) is 30.0 Å². The topological polar surface area (TPSA) is 73.6 Å². The van der Waals surface area contributed by atoms with Gasteiger partial charge in [-0.1, -0.05) is 6.07 Å². The van der Waals surface area contributed by atoms with Crippen molar-refractivity contribution < 1.29 is 14.4 Å². The second-order valence-corrected chi connectivity index (χ2v) is 5.78. The fraction of sp³-hybridized carbons (Fsp3) is 0.600. The van der Waals surface area contributed by atoms with Gasteiger partial charge in [0.25, 0.3) is 5.69 Å². The van der Waals surface area contributed by atoms with Gasteiger partial charge in [0.05, 0.1) is 18.1 Å². The summed E-state index contributed by atoms with van der Waals surface area (Å²) in [7, 11) is 0. The molecule has 114 valence electrons. The summed E-state index contributed by atoms with van der Waals surface area (Å²) in [5.74, 6) is -0.364. The standard InChI is InChI=1S/C15H20N2O4/c1-11-2-3-13(10-14(11)17(18)19)16-12-4-6-15(7-5-12)20-8-9-21-15/h2-3,10,12,16H,4-9H2,1H3. The van der Waals surface area contributed by atoms with Crippen molar-refractivity contribution in [1.82, 2.24) is 0 Å². The molecule has 1 aliphatic carbocycles. The first-order valence-electron chi connectivity index (χ1n) is 7.37. The number of nitrogens with zero attached hydrogens (tertiary/aromatic N) is 1. The first-order chi connectivity index (χ1) is 10.1. The molecule has 6 heteroatoms. The minimum Gasteiger partial charge on any atom is -0.382 e. The maximum atomic E-state index is 11.0. The third-order valence-corrected chi connectivity index (χ3v) is 4.34. The van der Waals surface area contributed by atoms with E-state index in [9.17, 15) is 10.1 Å². The van der Waals surface area contributed by atoms with Gasteiger partial charge >= 0.3 is 0 Å². The van der Waals surface area contributed by atoms with Crippen molar-refractivity contribution in [2.75, 3.05) is 18.5 Å². The molecule has 1 saturated heterocycles. The smallest absolute Gasteiger partial charge is 0.274 e. The quantitative estimate of drug-likeness (QED) is 0.684. The summed E-state index contributed by atoms with van der Waals surface area (Å²) in [5.41, 5.74) is 1.65. The predicted octanol–water partition coefficient (Wildman–Crippen LogP) is 3.00. The van der Waals surface area contributed by atoms with Crippen LogP contribution in [0.5, 0.6) is 0 Å². The highest BCUT2D eigenvalue weighted by molar-refractivity contribution is 5.55.